The second-order valence-corrected chi connectivity index (χ2v) is 6.31. The molecule has 0 aliphatic heterocycles. The van der Waals surface area contributed by atoms with Crippen molar-refractivity contribution in [1.29, 1.82) is 0 Å². The molecule has 0 amide bonds. The number of hydrogen-bond acceptors (Lipinski definition) is 3. The average Bonchev–Trinajstić information content (AvgIpc) is 2.64. The lowest BCUT2D eigenvalue weighted by atomic mass is 9.92. The molecule has 0 bridgehead atoms. The molecular weight excluding hydrogens is 310 g/mol. The molecule has 0 saturated heterocycles. The van der Waals surface area contributed by atoms with Crippen molar-refractivity contribution in [3.8, 4) is 5.75 Å². The van der Waals surface area contributed by atoms with Gasteiger partial charge in [0, 0.05) is 24.6 Å². The molecule has 1 unspecified atom stereocenters. The van der Waals surface area contributed by atoms with Crippen LogP contribution in [0.5, 0.6) is 5.75 Å². The van der Waals surface area contributed by atoms with E-state index < -0.39 is 0 Å². The van der Waals surface area contributed by atoms with Gasteiger partial charge in [-0.15, -0.1) is 0 Å². The van der Waals surface area contributed by atoms with E-state index in [4.69, 9.17) is 4.74 Å². The fourth-order valence-corrected chi connectivity index (χ4v) is 2.86. The van der Waals surface area contributed by atoms with Crippen molar-refractivity contribution in [2.24, 2.45) is 5.92 Å². The van der Waals surface area contributed by atoms with Gasteiger partial charge in [-0.3, -0.25) is 4.79 Å². The number of carbonyl (C=O) groups excluding carboxylic acids is 1. The van der Waals surface area contributed by atoms with Gasteiger partial charge in [0.1, 0.15) is 5.75 Å². The first-order valence-electron chi connectivity index (χ1n) is 8.86. The Hall–Kier alpha value is -2.13. The molecule has 0 heterocycles. The summed E-state index contributed by atoms with van der Waals surface area (Å²) in [5.41, 5.74) is 1.82. The van der Waals surface area contributed by atoms with Crippen LogP contribution in [0.1, 0.15) is 36.5 Å². The Bertz CT molecular complexity index is 604. The number of Topliss-reactive ketones (excluding diaryl/α,β-unsaturated/α-hetero) is 1. The zero-order valence-corrected chi connectivity index (χ0v) is 15.8. The third kappa shape index (κ3) is 7.10. The van der Waals surface area contributed by atoms with Gasteiger partial charge in [0.15, 0.2) is 5.78 Å². The summed E-state index contributed by atoms with van der Waals surface area (Å²) in [6, 6.07) is 7.43. The van der Waals surface area contributed by atoms with E-state index in [1.165, 1.54) is 0 Å². The van der Waals surface area contributed by atoms with Crippen molar-refractivity contribution >= 4 is 5.78 Å². The summed E-state index contributed by atoms with van der Waals surface area (Å²) >= 11 is 0. The van der Waals surface area contributed by atoms with Crippen molar-refractivity contribution < 1.29 is 9.53 Å². The molecule has 1 rings (SSSR count). The van der Waals surface area contributed by atoms with Crippen LogP contribution in [-0.2, 0) is 0 Å². The molecular formula is C22H31NO2. The molecule has 136 valence electrons. The number of ketones is 1. The Morgan fingerprint density at radius 1 is 1.36 bits per heavy atom. The smallest absolute Gasteiger partial charge is 0.167 e. The highest BCUT2D eigenvalue weighted by atomic mass is 16.5. The molecule has 0 aliphatic rings. The maximum absolute atomic E-state index is 13.0. The van der Waals surface area contributed by atoms with Gasteiger partial charge < -0.3 is 9.64 Å². The van der Waals surface area contributed by atoms with Crippen molar-refractivity contribution in [2.45, 2.75) is 26.2 Å². The molecule has 0 N–H and O–H groups in total. The first kappa shape index (κ1) is 20.9. The molecule has 0 aliphatic carbocycles. The van der Waals surface area contributed by atoms with E-state index in [9.17, 15) is 4.79 Å². The van der Waals surface area contributed by atoms with Crippen LogP contribution in [0.15, 0.2) is 61.2 Å². The van der Waals surface area contributed by atoms with Crippen molar-refractivity contribution in [3.63, 3.8) is 0 Å². The van der Waals surface area contributed by atoms with Gasteiger partial charge in [-0.05, 0) is 31.2 Å². The number of rotatable bonds is 12. The lowest BCUT2D eigenvalue weighted by Gasteiger charge is -2.24. The number of carbonyl (C=O) groups is 1. The number of likely N-dealkylation sites (N-methyl/N-ethyl adjacent to an activating group) is 1. The van der Waals surface area contributed by atoms with Gasteiger partial charge in [-0.2, -0.15) is 0 Å². The maximum Gasteiger partial charge on any atom is 0.167 e. The lowest BCUT2D eigenvalue weighted by Crippen LogP contribution is -2.31. The Labute approximate surface area is 152 Å². The van der Waals surface area contributed by atoms with E-state index in [-0.39, 0.29) is 11.7 Å². The molecule has 0 fully saturated rings. The van der Waals surface area contributed by atoms with Crippen LogP contribution in [0.25, 0.3) is 0 Å². The monoisotopic (exact) mass is 341 g/mol. The van der Waals surface area contributed by atoms with E-state index >= 15 is 0 Å². The predicted molar refractivity (Wildman–Crippen MR) is 106 cm³/mol. The second kappa shape index (κ2) is 11.4. The summed E-state index contributed by atoms with van der Waals surface area (Å²) in [5, 5.41) is 0. The van der Waals surface area contributed by atoms with E-state index in [0.29, 0.717) is 0 Å². The highest BCUT2D eigenvalue weighted by Crippen LogP contribution is 2.20. The number of allylic oxidation sites excluding steroid dienone is 2. The first-order valence-corrected chi connectivity index (χ1v) is 8.86. The number of methoxy groups -OCH3 is 1. The van der Waals surface area contributed by atoms with Gasteiger partial charge in [0.25, 0.3) is 0 Å². The predicted octanol–water partition coefficient (Wildman–Crippen LogP) is 4.91. The molecule has 0 saturated carbocycles. The lowest BCUT2D eigenvalue weighted by molar-refractivity contribution is 0.0882. The standard InChI is InChI=1S/C22H31NO2/c1-6-9-12-20(17-23(4)16-18(8-3)11-7-2)22(24)19-13-10-14-21(15-19)25-5/h7-8,10-11,13-15,20H,2-3,6,9,12,16-17H2,1,4-5H3/b18-11+. The zero-order chi connectivity index (χ0) is 18.7. The minimum atomic E-state index is -0.0214. The van der Waals surface area contributed by atoms with E-state index in [1.54, 1.807) is 13.2 Å². The van der Waals surface area contributed by atoms with E-state index in [1.807, 2.05) is 43.5 Å². The minimum absolute atomic E-state index is 0.0214. The quantitative estimate of drug-likeness (QED) is 0.399. The highest BCUT2D eigenvalue weighted by molar-refractivity contribution is 5.98. The molecule has 1 atom stereocenters. The van der Waals surface area contributed by atoms with Crippen LogP contribution >= 0.6 is 0 Å². The van der Waals surface area contributed by atoms with E-state index in [0.717, 1.165) is 49.2 Å². The van der Waals surface area contributed by atoms with Crippen LogP contribution in [0, 0.1) is 5.92 Å². The Morgan fingerprint density at radius 2 is 2.12 bits per heavy atom. The highest BCUT2D eigenvalue weighted by Gasteiger charge is 2.21. The first-order chi connectivity index (χ1) is 12.0. The normalized spacial score (nSPS) is 12.7. The van der Waals surface area contributed by atoms with Crippen LogP contribution in [0.2, 0.25) is 0 Å². The molecule has 3 heteroatoms. The molecule has 0 spiro atoms. The number of nitrogens with zero attached hydrogens (tertiary/aromatic N) is 1. The summed E-state index contributed by atoms with van der Waals surface area (Å²) < 4.78 is 5.25. The van der Waals surface area contributed by atoms with E-state index in [2.05, 4.69) is 25.0 Å². The van der Waals surface area contributed by atoms with Crippen molar-refractivity contribution in [2.75, 3.05) is 27.2 Å². The van der Waals surface area contributed by atoms with Gasteiger partial charge in [0.05, 0.1) is 7.11 Å². The SMILES string of the molecule is C=C/C=C(\C=C)CN(C)CC(CCCC)C(=O)c1cccc(OC)c1. The largest absolute Gasteiger partial charge is 0.497 e. The van der Waals surface area contributed by atoms with Crippen LogP contribution in [0.4, 0.5) is 0 Å². The topological polar surface area (TPSA) is 29.5 Å². The summed E-state index contributed by atoms with van der Waals surface area (Å²) in [7, 11) is 3.66. The Balaban J connectivity index is 2.88. The Morgan fingerprint density at radius 3 is 2.72 bits per heavy atom. The second-order valence-electron chi connectivity index (χ2n) is 6.31. The zero-order valence-electron chi connectivity index (χ0n) is 15.8. The number of hydrogen-bond donors (Lipinski definition) is 0. The summed E-state index contributed by atoms with van der Waals surface area (Å²) in [6.07, 6.45) is 8.58. The molecule has 0 radical (unpaired) electrons. The van der Waals surface area contributed by atoms with Gasteiger partial charge >= 0.3 is 0 Å². The number of unbranched alkanes of at least 4 members (excludes halogenated alkanes) is 1. The van der Waals surface area contributed by atoms with Crippen molar-refractivity contribution in [1.82, 2.24) is 4.90 Å². The molecule has 3 nitrogen and oxygen atoms in total. The fraction of sp³-hybridized carbons (Fsp3) is 0.409. The summed E-state index contributed by atoms with van der Waals surface area (Å²) in [5.74, 6) is 0.884. The minimum Gasteiger partial charge on any atom is -0.497 e. The van der Waals surface area contributed by atoms with Gasteiger partial charge in [0.2, 0.25) is 0 Å². The van der Waals surface area contributed by atoms with Gasteiger partial charge in [-0.25, -0.2) is 0 Å². The third-order valence-electron chi connectivity index (χ3n) is 4.21. The fourth-order valence-electron chi connectivity index (χ4n) is 2.86. The molecule has 1 aromatic rings. The average molecular weight is 341 g/mol. The Kier molecular flexibility index (Phi) is 9.56. The van der Waals surface area contributed by atoms with Crippen LogP contribution < -0.4 is 4.74 Å². The van der Waals surface area contributed by atoms with Crippen molar-refractivity contribution in [3.05, 3.63) is 66.8 Å². The summed E-state index contributed by atoms with van der Waals surface area (Å²) in [6.45, 7) is 11.2. The number of benzene rings is 1. The number of ether oxygens (including phenoxy) is 1. The maximum atomic E-state index is 13.0. The van der Waals surface area contributed by atoms with Crippen LogP contribution in [-0.4, -0.2) is 37.9 Å². The molecule has 1 aromatic carbocycles. The van der Waals surface area contributed by atoms with Gasteiger partial charge in [-0.1, -0.05) is 63.3 Å². The third-order valence-corrected chi connectivity index (χ3v) is 4.21. The molecule has 0 aromatic heterocycles. The summed E-state index contributed by atoms with van der Waals surface area (Å²) in [4.78, 5) is 15.2. The van der Waals surface area contributed by atoms with Crippen LogP contribution in [0.3, 0.4) is 0 Å². The molecule has 25 heavy (non-hydrogen) atoms.